The molecule has 1 atom stereocenters. The number of nitrogens with zero attached hydrogens (tertiary/aromatic N) is 4. The van der Waals surface area contributed by atoms with Gasteiger partial charge in [-0.05, 0) is 41.9 Å². The zero-order chi connectivity index (χ0) is 15.6. The number of rotatable bonds is 4. The molecule has 0 bridgehead atoms. The molecule has 1 unspecified atom stereocenters. The van der Waals surface area contributed by atoms with E-state index in [1.807, 2.05) is 6.07 Å². The van der Waals surface area contributed by atoms with Crippen LogP contribution in [0.4, 0.5) is 5.82 Å². The first kappa shape index (κ1) is 16.7. The van der Waals surface area contributed by atoms with Gasteiger partial charge in [-0.15, -0.1) is 0 Å². The van der Waals surface area contributed by atoms with Crippen LogP contribution in [-0.2, 0) is 5.41 Å². The first-order chi connectivity index (χ1) is 9.81. The van der Waals surface area contributed by atoms with Gasteiger partial charge in [-0.2, -0.15) is 0 Å². The molecule has 0 aromatic carbocycles. The zero-order valence-corrected chi connectivity index (χ0v) is 15.4. The SMILES string of the molecule is CCN1CCCC1CN(C)c1cc(Br)nc(C(C)(C)C)n1. The highest BCUT2D eigenvalue weighted by atomic mass is 79.9. The summed E-state index contributed by atoms with van der Waals surface area (Å²) in [7, 11) is 2.13. The molecule has 1 fully saturated rings. The summed E-state index contributed by atoms with van der Waals surface area (Å²) in [5.41, 5.74) is -0.0395. The fraction of sp³-hybridized carbons (Fsp3) is 0.750. The summed E-state index contributed by atoms with van der Waals surface area (Å²) in [6, 6.07) is 2.66. The van der Waals surface area contributed by atoms with Crippen molar-refractivity contribution in [3.63, 3.8) is 0 Å². The van der Waals surface area contributed by atoms with E-state index in [2.05, 4.69) is 65.5 Å². The van der Waals surface area contributed by atoms with Gasteiger partial charge in [0.05, 0.1) is 0 Å². The molecule has 1 aliphatic rings. The maximum Gasteiger partial charge on any atom is 0.137 e. The number of hydrogen-bond donors (Lipinski definition) is 0. The van der Waals surface area contributed by atoms with Gasteiger partial charge >= 0.3 is 0 Å². The fourth-order valence-electron chi connectivity index (χ4n) is 2.86. The van der Waals surface area contributed by atoms with Crippen LogP contribution >= 0.6 is 15.9 Å². The number of anilines is 1. The van der Waals surface area contributed by atoms with E-state index < -0.39 is 0 Å². The monoisotopic (exact) mass is 354 g/mol. The number of hydrogen-bond acceptors (Lipinski definition) is 4. The highest BCUT2D eigenvalue weighted by molar-refractivity contribution is 9.10. The number of aromatic nitrogens is 2. The molecule has 0 amide bonds. The molecule has 2 heterocycles. The van der Waals surface area contributed by atoms with Crippen LogP contribution in [0.5, 0.6) is 0 Å². The summed E-state index contributed by atoms with van der Waals surface area (Å²) in [6.45, 7) is 12.1. The highest BCUT2D eigenvalue weighted by Gasteiger charge is 2.25. The molecule has 0 radical (unpaired) electrons. The normalized spacial score (nSPS) is 20.0. The Kier molecular flexibility index (Phi) is 5.25. The Bertz CT molecular complexity index is 484. The third kappa shape index (κ3) is 4.16. The standard InChI is InChI=1S/C16H27BrN4/c1-6-21-9-7-8-12(21)11-20(5)14-10-13(17)18-15(19-14)16(2,3)4/h10,12H,6-9,11H2,1-5H3. The maximum absolute atomic E-state index is 4.76. The number of likely N-dealkylation sites (tertiary alicyclic amines) is 1. The van der Waals surface area contributed by atoms with E-state index in [4.69, 9.17) is 4.98 Å². The minimum absolute atomic E-state index is 0.0395. The minimum atomic E-state index is -0.0395. The molecule has 1 aliphatic heterocycles. The Morgan fingerprint density at radius 3 is 2.71 bits per heavy atom. The van der Waals surface area contributed by atoms with Crippen molar-refractivity contribution in [2.45, 2.75) is 52.0 Å². The molecule has 1 saturated heterocycles. The summed E-state index contributed by atoms with van der Waals surface area (Å²) in [5.74, 6) is 1.89. The summed E-state index contributed by atoms with van der Waals surface area (Å²) in [6.07, 6.45) is 2.60. The molecular formula is C16H27BrN4. The summed E-state index contributed by atoms with van der Waals surface area (Å²) >= 11 is 3.52. The second-order valence-corrected chi connectivity index (χ2v) is 7.74. The van der Waals surface area contributed by atoms with Gasteiger partial charge in [0, 0.05) is 31.1 Å². The number of halogens is 1. The average Bonchev–Trinajstić information content (AvgIpc) is 2.84. The lowest BCUT2D eigenvalue weighted by atomic mass is 9.96. The molecule has 1 aromatic rings. The molecule has 0 aliphatic carbocycles. The quantitative estimate of drug-likeness (QED) is 0.775. The van der Waals surface area contributed by atoms with Crippen molar-refractivity contribution in [1.82, 2.24) is 14.9 Å². The molecule has 0 spiro atoms. The maximum atomic E-state index is 4.76. The number of likely N-dealkylation sites (N-methyl/N-ethyl adjacent to an activating group) is 2. The van der Waals surface area contributed by atoms with Gasteiger partial charge in [-0.3, -0.25) is 4.90 Å². The smallest absolute Gasteiger partial charge is 0.137 e. The Labute approximate surface area is 137 Å². The third-order valence-electron chi connectivity index (χ3n) is 4.13. The van der Waals surface area contributed by atoms with Gasteiger partial charge in [0.25, 0.3) is 0 Å². The van der Waals surface area contributed by atoms with E-state index in [-0.39, 0.29) is 5.41 Å². The van der Waals surface area contributed by atoms with E-state index in [1.165, 1.54) is 19.4 Å². The molecule has 4 nitrogen and oxygen atoms in total. The zero-order valence-electron chi connectivity index (χ0n) is 13.9. The van der Waals surface area contributed by atoms with Crippen LogP contribution in [-0.4, -0.2) is 47.6 Å². The molecule has 2 rings (SSSR count). The van der Waals surface area contributed by atoms with Crippen LogP contribution in [0.2, 0.25) is 0 Å². The molecular weight excluding hydrogens is 328 g/mol. The van der Waals surface area contributed by atoms with Crippen molar-refractivity contribution in [1.29, 1.82) is 0 Å². The molecule has 1 aromatic heterocycles. The second-order valence-electron chi connectivity index (χ2n) is 6.93. The summed E-state index contributed by atoms with van der Waals surface area (Å²) in [4.78, 5) is 14.1. The Balaban J connectivity index is 2.15. The third-order valence-corrected chi connectivity index (χ3v) is 4.54. The van der Waals surface area contributed by atoms with E-state index in [1.54, 1.807) is 0 Å². The fourth-order valence-corrected chi connectivity index (χ4v) is 3.24. The largest absolute Gasteiger partial charge is 0.358 e. The Morgan fingerprint density at radius 2 is 2.10 bits per heavy atom. The van der Waals surface area contributed by atoms with Gasteiger partial charge < -0.3 is 4.90 Å². The molecule has 118 valence electrons. The lowest BCUT2D eigenvalue weighted by Gasteiger charge is -2.29. The van der Waals surface area contributed by atoms with Crippen molar-refractivity contribution in [3.05, 3.63) is 16.5 Å². The topological polar surface area (TPSA) is 32.3 Å². The van der Waals surface area contributed by atoms with Crippen LogP contribution in [0.3, 0.4) is 0 Å². The van der Waals surface area contributed by atoms with Crippen LogP contribution < -0.4 is 4.90 Å². The van der Waals surface area contributed by atoms with Crippen LogP contribution in [0.1, 0.15) is 46.4 Å². The summed E-state index contributed by atoms with van der Waals surface area (Å²) in [5, 5.41) is 0. The lowest BCUT2D eigenvalue weighted by molar-refractivity contribution is 0.270. The van der Waals surface area contributed by atoms with Crippen molar-refractivity contribution in [3.8, 4) is 0 Å². The predicted octanol–water partition coefficient (Wildman–Crippen LogP) is 3.46. The van der Waals surface area contributed by atoms with Crippen molar-refractivity contribution in [2.24, 2.45) is 0 Å². The second kappa shape index (κ2) is 6.61. The van der Waals surface area contributed by atoms with E-state index in [0.29, 0.717) is 6.04 Å². The molecule has 21 heavy (non-hydrogen) atoms. The average molecular weight is 355 g/mol. The molecule has 0 saturated carbocycles. The van der Waals surface area contributed by atoms with E-state index in [9.17, 15) is 0 Å². The highest BCUT2D eigenvalue weighted by Crippen LogP contribution is 2.25. The van der Waals surface area contributed by atoms with Gasteiger partial charge in [-0.1, -0.05) is 27.7 Å². The van der Waals surface area contributed by atoms with Crippen LogP contribution in [0.15, 0.2) is 10.7 Å². The molecule has 5 heteroatoms. The van der Waals surface area contributed by atoms with Gasteiger partial charge in [-0.25, -0.2) is 9.97 Å². The van der Waals surface area contributed by atoms with Gasteiger partial charge in [0.15, 0.2) is 0 Å². The van der Waals surface area contributed by atoms with Crippen molar-refractivity contribution < 1.29 is 0 Å². The Morgan fingerprint density at radius 1 is 1.38 bits per heavy atom. The van der Waals surface area contributed by atoms with E-state index >= 15 is 0 Å². The summed E-state index contributed by atoms with van der Waals surface area (Å²) < 4.78 is 0.864. The molecule has 0 N–H and O–H groups in total. The van der Waals surface area contributed by atoms with E-state index in [0.717, 1.165) is 29.3 Å². The first-order valence-electron chi connectivity index (χ1n) is 7.81. The lowest BCUT2D eigenvalue weighted by Crippen LogP contribution is -2.39. The van der Waals surface area contributed by atoms with Crippen molar-refractivity contribution in [2.75, 3.05) is 31.6 Å². The van der Waals surface area contributed by atoms with Crippen LogP contribution in [0.25, 0.3) is 0 Å². The van der Waals surface area contributed by atoms with Gasteiger partial charge in [0.1, 0.15) is 16.2 Å². The minimum Gasteiger partial charge on any atom is -0.358 e. The van der Waals surface area contributed by atoms with Crippen LogP contribution in [0, 0.1) is 0 Å². The Hall–Kier alpha value is -0.680. The van der Waals surface area contributed by atoms with Gasteiger partial charge in [0.2, 0.25) is 0 Å². The predicted molar refractivity (Wildman–Crippen MR) is 92.0 cm³/mol. The van der Waals surface area contributed by atoms with Crippen molar-refractivity contribution >= 4 is 21.7 Å². The first-order valence-corrected chi connectivity index (χ1v) is 8.61.